The Bertz CT molecular complexity index is 834. The second-order valence-corrected chi connectivity index (χ2v) is 6.58. The number of hydrogen-bond donors (Lipinski definition) is 1. The van der Waals surface area contributed by atoms with Crippen LogP contribution >= 0.6 is 11.6 Å². The maximum absolute atomic E-state index is 14.1. The Balaban J connectivity index is 1.53. The molecule has 0 saturated carbocycles. The fourth-order valence-corrected chi connectivity index (χ4v) is 3.76. The number of piperidine rings is 1. The largest absolute Gasteiger partial charge is 0.369 e. The lowest BCUT2D eigenvalue weighted by atomic mass is 9.89. The Morgan fingerprint density at radius 2 is 1.87 bits per heavy atom. The highest BCUT2D eigenvalue weighted by molar-refractivity contribution is 6.30. The predicted molar refractivity (Wildman–Crippen MR) is 93.9 cm³/mol. The highest BCUT2D eigenvalue weighted by Gasteiger charge is 2.24. The topological polar surface area (TPSA) is 19.0 Å². The average molecular weight is 329 g/mol. The fourth-order valence-electron chi connectivity index (χ4n) is 3.60. The molecule has 1 aliphatic heterocycles. The van der Waals surface area contributed by atoms with Crippen LogP contribution in [-0.4, -0.2) is 18.1 Å². The molecule has 1 N–H and O–H groups in total. The number of rotatable bonds is 2. The number of H-pyrrole nitrogens is 1. The zero-order valence-corrected chi connectivity index (χ0v) is 13.5. The van der Waals surface area contributed by atoms with Crippen LogP contribution in [0.3, 0.4) is 0 Å². The van der Waals surface area contributed by atoms with Crippen molar-refractivity contribution in [1.82, 2.24) is 4.98 Å². The van der Waals surface area contributed by atoms with Crippen LogP contribution in [0.25, 0.3) is 10.9 Å². The maximum Gasteiger partial charge on any atom is 0.147 e. The molecule has 0 unspecified atom stereocenters. The second kappa shape index (κ2) is 5.89. The van der Waals surface area contributed by atoms with Crippen LogP contribution in [0.15, 0.2) is 48.7 Å². The van der Waals surface area contributed by atoms with Gasteiger partial charge >= 0.3 is 0 Å². The number of aromatic amines is 1. The first-order valence-corrected chi connectivity index (χ1v) is 8.36. The Morgan fingerprint density at radius 1 is 1.09 bits per heavy atom. The van der Waals surface area contributed by atoms with E-state index in [1.165, 1.54) is 22.5 Å². The molecule has 0 spiro atoms. The molecule has 2 nitrogen and oxygen atoms in total. The summed E-state index contributed by atoms with van der Waals surface area (Å²) in [5.41, 5.74) is 3.23. The number of anilines is 1. The SMILES string of the molecule is Fc1cc(Cl)ccc1N1CCC(c2c[nH]c3ccccc23)CC1. The molecule has 2 aromatic carbocycles. The Hall–Kier alpha value is -2.00. The first kappa shape index (κ1) is 14.6. The molecule has 1 aromatic heterocycles. The van der Waals surface area contributed by atoms with Crippen LogP contribution in [0.2, 0.25) is 5.02 Å². The maximum atomic E-state index is 14.1. The molecule has 4 rings (SSSR count). The Kier molecular flexibility index (Phi) is 3.74. The molecule has 118 valence electrons. The van der Waals surface area contributed by atoms with E-state index in [0.29, 0.717) is 16.6 Å². The van der Waals surface area contributed by atoms with Crippen molar-refractivity contribution in [1.29, 1.82) is 0 Å². The molecule has 1 aliphatic rings. The molecule has 0 amide bonds. The molecular formula is C19H18ClFN2. The summed E-state index contributed by atoms with van der Waals surface area (Å²) in [6.07, 6.45) is 4.20. The summed E-state index contributed by atoms with van der Waals surface area (Å²) in [6, 6.07) is 13.3. The minimum Gasteiger partial charge on any atom is -0.369 e. The van der Waals surface area contributed by atoms with E-state index in [-0.39, 0.29) is 5.82 Å². The van der Waals surface area contributed by atoms with E-state index in [4.69, 9.17) is 11.6 Å². The second-order valence-electron chi connectivity index (χ2n) is 6.15. The third kappa shape index (κ3) is 2.70. The number of nitrogens with one attached hydrogen (secondary N) is 1. The van der Waals surface area contributed by atoms with Crippen LogP contribution in [0, 0.1) is 5.82 Å². The molecule has 0 atom stereocenters. The zero-order valence-electron chi connectivity index (χ0n) is 12.7. The molecule has 0 radical (unpaired) electrons. The lowest BCUT2D eigenvalue weighted by Gasteiger charge is -2.33. The van der Waals surface area contributed by atoms with Crippen molar-refractivity contribution in [3.63, 3.8) is 0 Å². The van der Waals surface area contributed by atoms with Gasteiger partial charge in [-0.25, -0.2) is 4.39 Å². The number of para-hydroxylation sites is 1. The number of aromatic nitrogens is 1. The van der Waals surface area contributed by atoms with Gasteiger partial charge < -0.3 is 9.88 Å². The van der Waals surface area contributed by atoms with Gasteiger partial charge in [0.1, 0.15) is 5.82 Å². The van der Waals surface area contributed by atoms with E-state index in [9.17, 15) is 4.39 Å². The summed E-state index contributed by atoms with van der Waals surface area (Å²) in [6.45, 7) is 1.73. The van der Waals surface area contributed by atoms with Gasteiger partial charge in [-0.05, 0) is 48.6 Å². The van der Waals surface area contributed by atoms with Crippen molar-refractivity contribution in [2.24, 2.45) is 0 Å². The summed E-state index contributed by atoms with van der Waals surface area (Å²) in [5, 5.41) is 1.75. The Morgan fingerprint density at radius 3 is 2.65 bits per heavy atom. The van der Waals surface area contributed by atoms with E-state index < -0.39 is 0 Å². The quantitative estimate of drug-likeness (QED) is 0.672. The van der Waals surface area contributed by atoms with Crippen molar-refractivity contribution >= 4 is 28.2 Å². The van der Waals surface area contributed by atoms with Crippen LogP contribution < -0.4 is 4.90 Å². The first-order valence-electron chi connectivity index (χ1n) is 7.98. The smallest absolute Gasteiger partial charge is 0.147 e. The van der Waals surface area contributed by atoms with Crippen molar-refractivity contribution < 1.29 is 4.39 Å². The highest BCUT2D eigenvalue weighted by atomic mass is 35.5. The van der Waals surface area contributed by atoms with E-state index >= 15 is 0 Å². The fraction of sp³-hybridized carbons (Fsp3) is 0.263. The van der Waals surface area contributed by atoms with Gasteiger partial charge in [0, 0.05) is 35.2 Å². The molecule has 4 heteroatoms. The third-order valence-electron chi connectivity index (χ3n) is 4.81. The summed E-state index contributed by atoms with van der Waals surface area (Å²) in [7, 11) is 0. The summed E-state index contributed by atoms with van der Waals surface area (Å²) < 4.78 is 14.1. The van der Waals surface area contributed by atoms with Crippen molar-refractivity contribution in [2.75, 3.05) is 18.0 Å². The van der Waals surface area contributed by atoms with Gasteiger partial charge in [-0.15, -0.1) is 0 Å². The zero-order chi connectivity index (χ0) is 15.8. The van der Waals surface area contributed by atoms with E-state index in [1.54, 1.807) is 12.1 Å². The van der Waals surface area contributed by atoms with Crippen LogP contribution in [0.4, 0.5) is 10.1 Å². The minimum absolute atomic E-state index is 0.233. The lowest BCUT2D eigenvalue weighted by molar-refractivity contribution is 0.499. The van der Waals surface area contributed by atoms with Crippen molar-refractivity contribution in [3.05, 3.63) is 65.1 Å². The minimum atomic E-state index is -0.233. The Labute approximate surface area is 139 Å². The highest BCUT2D eigenvalue weighted by Crippen LogP contribution is 2.35. The number of halogens is 2. The number of nitrogens with zero attached hydrogens (tertiary/aromatic N) is 1. The summed E-state index contributed by atoms with van der Waals surface area (Å²) >= 11 is 5.84. The van der Waals surface area contributed by atoms with Crippen LogP contribution in [0.1, 0.15) is 24.3 Å². The summed E-state index contributed by atoms with van der Waals surface area (Å²) in [5.74, 6) is 0.292. The summed E-state index contributed by atoms with van der Waals surface area (Å²) in [4.78, 5) is 5.48. The van der Waals surface area contributed by atoms with Gasteiger partial charge in [-0.1, -0.05) is 29.8 Å². The molecule has 2 heterocycles. The van der Waals surface area contributed by atoms with Gasteiger partial charge in [0.15, 0.2) is 0 Å². The van der Waals surface area contributed by atoms with Gasteiger partial charge in [0.25, 0.3) is 0 Å². The number of hydrogen-bond acceptors (Lipinski definition) is 1. The van der Waals surface area contributed by atoms with E-state index in [1.807, 2.05) is 0 Å². The van der Waals surface area contributed by atoms with Gasteiger partial charge in [0.05, 0.1) is 5.69 Å². The van der Waals surface area contributed by atoms with Crippen molar-refractivity contribution in [2.45, 2.75) is 18.8 Å². The average Bonchev–Trinajstić information content (AvgIpc) is 2.99. The predicted octanol–water partition coefficient (Wildman–Crippen LogP) is 5.34. The van der Waals surface area contributed by atoms with Crippen LogP contribution in [-0.2, 0) is 0 Å². The third-order valence-corrected chi connectivity index (χ3v) is 5.04. The van der Waals surface area contributed by atoms with Gasteiger partial charge in [0.2, 0.25) is 0 Å². The van der Waals surface area contributed by atoms with Crippen LogP contribution in [0.5, 0.6) is 0 Å². The normalized spacial score (nSPS) is 16.2. The lowest BCUT2D eigenvalue weighted by Crippen LogP contribution is -2.33. The molecule has 0 aliphatic carbocycles. The molecular weight excluding hydrogens is 311 g/mol. The molecule has 1 saturated heterocycles. The van der Waals surface area contributed by atoms with Gasteiger partial charge in [-0.2, -0.15) is 0 Å². The van der Waals surface area contributed by atoms with Gasteiger partial charge in [-0.3, -0.25) is 0 Å². The molecule has 1 fully saturated rings. The van der Waals surface area contributed by atoms with E-state index in [2.05, 4.69) is 40.3 Å². The van der Waals surface area contributed by atoms with Crippen molar-refractivity contribution in [3.8, 4) is 0 Å². The molecule has 0 bridgehead atoms. The first-order chi connectivity index (χ1) is 11.2. The molecule has 23 heavy (non-hydrogen) atoms. The number of benzene rings is 2. The monoisotopic (exact) mass is 328 g/mol. The standard InChI is InChI=1S/C19H18ClFN2/c20-14-5-6-19(17(21)11-14)23-9-7-13(8-10-23)16-12-22-18-4-2-1-3-15(16)18/h1-6,11-13,22H,7-10H2. The molecule has 3 aromatic rings. The van der Waals surface area contributed by atoms with E-state index in [0.717, 1.165) is 25.9 Å². The number of fused-ring (bicyclic) bond motifs is 1.